The lowest BCUT2D eigenvalue weighted by Gasteiger charge is -2.24. The molecule has 0 saturated heterocycles. The van der Waals surface area contributed by atoms with E-state index in [1.807, 2.05) is 11.8 Å². The molecule has 1 aliphatic carbocycles. The fourth-order valence-corrected chi connectivity index (χ4v) is 4.46. The molecule has 3 atom stereocenters. The van der Waals surface area contributed by atoms with Gasteiger partial charge in [0.15, 0.2) is 5.17 Å². The molecule has 0 spiro atoms. The molecular weight excluding hydrogens is 236 g/mol. The third kappa shape index (κ3) is 3.33. The van der Waals surface area contributed by atoms with E-state index in [2.05, 4.69) is 35.9 Å². The van der Waals surface area contributed by atoms with E-state index >= 15 is 0 Å². The number of nitrogens with one attached hydrogen (secondary N) is 1. The summed E-state index contributed by atoms with van der Waals surface area (Å²) in [5.74, 6) is 3.21. The van der Waals surface area contributed by atoms with Crippen molar-refractivity contribution in [1.29, 1.82) is 0 Å². The highest BCUT2D eigenvalue weighted by Gasteiger charge is 2.28. The molecule has 1 fully saturated rings. The monoisotopic (exact) mass is 258 g/mol. The van der Waals surface area contributed by atoms with Crippen LogP contribution in [0.2, 0.25) is 0 Å². The number of amidine groups is 1. The molecule has 1 saturated carbocycles. The van der Waals surface area contributed by atoms with Crippen LogP contribution in [0.4, 0.5) is 0 Å². The van der Waals surface area contributed by atoms with Gasteiger partial charge in [-0.15, -0.1) is 0 Å². The molecule has 3 unspecified atom stereocenters. The summed E-state index contributed by atoms with van der Waals surface area (Å²) in [5.41, 5.74) is 0. The molecule has 0 aromatic heterocycles. The van der Waals surface area contributed by atoms with Gasteiger partial charge in [-0.05, 0) is 24.5 Å². The predicted molar refractivity (Wildman–Crippen MR) is 76.6 cm³/mol. The van der Waals surface area contributed by atoms with E-state index in [1.54, 1.807) is 0 Å². The number of rotatable bonds is 3. The van der Waals surface area contributed by atoms with Crippen LogP contribution in [0.5, 0.6) is 0 Å². The minimum atomic E-state index is 0.671. The van der Waals surface area contributed by atoms with Crippen molar-refractivity contribution in [1.82, 2.24) is 5.32 Å². The average molecular weight is 258 g/mol. The first-order valence-corrected chi connectivity index (χ1v) is 8.38. The van der Waals surface area contributed by atoms with E-state index in [0.717, 1.165) is 17.7 Å². The van der Waals surface area contributed by atoms with Crippen LogP contribution in [0, 0.1) is 5.92 Å². The Bertz CT molecular complexity index is 255. The fourth-order valence-electron chi connectivity index (χ4n) is 2.31. The van der Waals surface area contributed by atoms with Gasteiger partial charge in [0.25, 0.3) is 0 Å². The second kappa shape index (κ2) is 6.20. The van der Waals surface area contributed by atoms with Crippen molar-refractivity contribution < 1.29 is 0 Å². The molecule has 4 heteroatoms. The highest BCUT2D eigenvalue weighted by molar-refractivity contribution is 8.13. The van der Waals surface area contributed by atoms with Crippen LogP contribution >= 0.6 is 23.5 Å². The number of aliphatic imine (C=N–C) groups is 1. The Morgan fingerprint density at radius 3 is 3.06 bits per heavy atom. The smallest absolute Gasteiger partial charge is 0.156 e. The van der Waals surface area contributed by atoms with Crippen molar-refractivity contribution in [2.24, 2.45) is 10.9 Å². The van der Waals surface area contributed by atoms with Crippen molar-refractivity contribution in [3.63, 3.8) is 0 Å². The zero-order valence-electron chi connectivity index (χ0n) is 10.2. The van der Waals surface area contributed by atoms with E-state index in [4.69, 9.17) is 0 Å². The normalized spacial score (nSPS) is 34.9. The minimum absolute atomic E-state index is 0.671. The third-order valence-corrected chi connectivity index (χ3v) is 5.78. The Kier molecular flexibility index (Phi) is 4.89. The van der Waals surface area contributed by atoms with Gasteiger partial charge in [0.05, 0.1) is 0 Å². The maximum Gasteiger partial charge on any atom is 0.156 e. The molecule has 92 valence electrons. The standard InChI is InChI=1S/C12H22N2S2/c1-3-15-11-6-4-5-10(11)14-12-13-7-9(2)8-16-12/h9-11H,3-8H2,1-2H3,(H,13,14). The second-order valence-corrected chi connectivity index (χ2v) is 7.26. The first-order valence-electron chi connectivity index (χ1n) is 6.35. The zero-order chi connectivity index (χ0) is 11.4. The second-order valence-electron chi connectivity index (χ2n) is 4.74. The van der Waals surface area contributed by atoms with Crippen molar-refractivity contribution in [3.05, 3.63) is 0 Å². The third-order valence-electron chi connectivity index (χ3n) is 3.19. The molecular formula is C12H22N2S2. The molecule has 2 rings (SSSR count). The maximum atomic E-state index is 4.63. The Hall–Kier alpha value is 0.170. The first kappa shape index (κ1) is 12.6. The van der Waals surface area contributed by atoms with Crippen LogP contribution in [0.1, 0.15) is 33.1 Å². The van der Waals surface area contributed by atoms with E-state index < -0.39 is 0 Å². The lowest BCUT2D eigenvalue weighted by Crippen LogP contribution is -2.39. The lowest BCUT2D eigenvalue weighted by atomic mass is 10.2. The summed E-state index contributed by atoms with van der Waals surface area (Å²) in [6.45, 7) is 5.54. The Labute approximate surface area is 107 Å². The van der Waals surface area contributed by atoms with Crippen LogP contribution in [-0.4, -0.2) is 34.5 Å². The summed E-state index contributed by atoms with van der Waals surface area (Å²) in [7, 11) is 0. The molecule has 2 aliphatic rings. The number of hydrogen-bond acceptors (Lipinski definition) is 4. The van der Waals surface area contributed by atoms with Gasteiger partial charge in [-0.1, -0.05) is 32.0 Å². The highest BCUT2D eigenvalue weighted by Crippen LogP contribution is 2.30. The van der Waals surface area contributed by atoms with Gasteiger partial charge in [0.1, 0.15) is 0 Å². The molecule has 0 aromatic rings. The topological polar surface area (TPSA) is 24.4 Å². The number of nitrogens with zero attached hydrogens (tertiary/aromatic N) is 1. The van der Waals surface area contributed by atoms with Crippen molar-refractivity contribution >= 4 is 28.7 Å². The molecule has 16 heavy (non-hydrogen) atoms. The van der Waals surface area contributed by atoms with Gasteiger partial charge in [-0.25, -0.2) is 0 Å². The minimum Gasteiger partial charge on any atom is -0.361 e. The number of hydrogen-bond donors (Lipinski definition) is 1. The van der Waals surface area contributed by atoms with Crippen LogP contribution in [0.25, 0.3) is 0 Å². The SMILES string of the molecule is CCSC1CCCC1NC1=NCC(C)CS1. The Balaban J connectivity index is 1.84. The van der Waals surface area contributed by atoms with E-state index in [1.165, 1.54) is 35.9 Å². The van der Waals surface area contributed by atoms with Gasteiger partial charge in [0.2, 0.25) is 0 Å². The van der Waals surface area contributed by atoms with E-state index in [9.17, 15) is 0 Å². The summed E-state index contributed by atoms with van der Waals surface area (Å²) >= 11 is 4.02. The average Bonchev–Trinajstić information content (AvgIpc) is 2.70. The largest absolute Gasteiger partial charge is 0.361 e. The van der Waals surface area contributed by atoms with Crippen LogP contribution in [0.15, 0.2) is 4.99 Å². The van der Waals surface area contributed by atoms with Crippen LogP contribution in [-0.2, 0) is 0 Å². The summed E-state index contributed by atoms with van der Waals surface area (Å²) < 4.78 is 0. The lowest BCUT2D eigenvalue weighted by molar-refractivity contribution is 0.629. The summed E-state index contributed by atoms with van der Waals surface area (Å²) in [5, 5.41) is 5.68. The molecule has 2 nitrogen and oxygen atoms in total. The van der Waals surface area contributed by atoms with Gasteiger partial charge in [-0.3, -0.25) is 4.99 Å². The van der Waals surface area contributed by atoms with Gasteiger partial charge in [-0.2, -0.15) is 11.8 Å². The van der Waals surface area contributed by atoms with E-state index in [-0.39, 0.29) is 0 Å². The fraction of sp³-hybridized carbons (Fsp3) is 0.917. The molecule has 0 radical (unpaired) electrons. The molecule has 1 N–H and O–H groups in total. The Morgan fingerprint density at radius 2 is 2.38 bits per heavy atom. The number of thioether (sulfide) groups is 2. The zero-order valence-corrected chi connectivity index (χ0v) is 11.9. The summed E-state index contributed by atoms with van der Waals surface area (Å²) in [6, 6.07) is 0.671. The van der Waals surface area contributed by atoms with Crippen LogP contribution in [0.3, 0.4) is 0 Å². The first-order chi connectivity index (χ1) is 7.79. The van der Waals surface area contributed by atoms with Crippen LogP contribution < -0.4 is 5.32 Å². The van der Waals surface area contributed by atoms with Gasteiger partial charge < -0.3 is 5.32 Å². The maximum absolute atomic E-state index is 4.63. The van der Waals surface area contributed by atoms with Crippen molar-refractivity contribution in [2.75, 3.05) is 18.1 Å². The molecule has 1 aliphatic heterocycles. The molecule has 0 bridgehead atoms. The highest BCUT2D eigenvalue weighted by atomic mass is 32.2. The molecule has 0 amide bonds. The van der Waals surface area contributed by atoms with Gasteiger partial charge >= 0.3 is 0 Å². The molecule has 1 heterocycles. The predicted octanol–water partition coefficient (Wildman–Crippen LogP) is 2.99. The summed E-state index contributed by atoms with van der Waals surface area (Å²) in [4.78, 5) is 4.63. The summed E-state index contributed by atoms with van der Waals surface area (Å²) in [6.07, 6.45) is 4.08. The quantitative estimate of drug-likeness (QED) is 0.842. The van der Waals surface area contributed by atoms with Crippen molar-refractivity contribution in [2.45, 2.75) is 44.4 Å². The molecule has 0 aromatic carbocycles. The van der Waals surface area contributed by atoms with Gasteiger partial charge in [0, 0.05) is 23.6 Å². The van der Waals surface area contributed by atoms with E-state index in [0.29, 0.717) is 6.04 Å². The van der Waals surface area contributed by atoms with Crippen molar-refractivity contribution in [3.8, 4) is 0 Å². The Morgan fingerprint density at radius 1 is 1.50 bits per heavy atom.